The fraction of sp³-hybridized carbons (Fsp3) is 0.250. The third-order valence-corrected chi connectivity index (χ3v) is 3.74. The van der Waals surface area contributed by atoms with Crippen LogP contribution in [0.3, 0.4) is 0 Å². The Morgan fingerprint density at radius 3 is 1.81 bits per heavy atom. The lowest BCUT2D eigenvalue weighted by Gasteiger charge is -2.25. The van der Waals surface area contributed by atoms with Crippen molar-refractivity contribution in [1.29, 1.82) is 0 Å². The van der Waals surface area contributed by atoms with Crippen LogP contribution in [0.4, 0.5) is 0 Å². The zero-order valence-electron chi connectivity index (χ0n) is 11.3. The van der Waals surface area contributed by atoms with Gasteiger partial charge in [0.2, 0.25) is 0 Å². The summed E-state index contributed by atoms with van der Waals surface area (Å²) >= 11 is 11.8. The highest BCUT2D eigenvalue weighted by Crippen LogP contribution is 2.30. The smallest absolute Gasteiger partial charge is 0.0984 e. The van der Waals surface area contributed by atoms with Gasteiger partial charge in [-0.1, -0.05) is 47.5 Å². The lowest BCUT2D eigenvalue weighted by Crippen LogP contribution is -2.29. The van der Waals surface area contributed by atoms with Crippen molar-refractivity contribution in [1.82, 2.24) is 5.32 Å². The molecule has 0 aliphatic rings. The lowest BCUT2D eigenvalue weighted by molar-refractivity contribution is 0.124. The van der Waals surface area contributed by atoms with Crippen LogP contribution in [0.5, 0.6) is 0 Å². The van der Waals surface area contributed by atoms with Gasteiger partial charge >= 0.3 is 0 Å². The van der Waals surface area contributed by atoms with E-state index in [0.717, 1.165) is 11.1 Å². The number of hydrogen-bond acceptors (Lipinski definition) is 3. The molecular weight excluding hydrogens is 309 g/mol. The highest BCUT2D eigenvalue weighted by atomic mass is 35.5. The SMILES string of the molecule is OCCN[C@H](c1ccc(Cl)cc1)[C@H](O)c1ccc(Cl)cc1. The molecule has 0 fully saturated rings. The number of halogens is 2. The summed E-state index contributed by atoms with van der Waals surface area (Å²) in [5.74, 6) is 0. The first-order chi connectivity index (χ1) is 10.1. The molecule has 5 heteroatoms. The average Bonchev–Trinajstić information content (AvgIpc) is 2.50. The molecule has 0 amide bonds. The van der Waals surface area contributed by atoms with Crippen LogP contribution >= 0.6 is 23.2 Å². The average molecular weight is 326 g/mol. The predicted molar refractivity (Wildman–Crippen MR) is 85.7 cm³/mol. The number of rotatable bonds is 6. The molecule has 0 bridgehead atoms. The second-order valence-electron chi connectivity index (χ2n) is 4.70. The van der Waals surface area contributed by atoms with Crippen LogP contribution in [0, 0.1) is 0 Å². The van der Waals surface area contributed by atoms with E-state index in [9.17, 15) is 5.11 Å². The maximum atomic E-state index is 10.6. The zero-order valence-corrected chi connectivity index (χ0v) is 12.8. The van der Waals surface area contributed by atoms with E-state index in [1.54, 1.807) is 36.4 Å². The predicted octanol–water partition coefficient (Wildman–Crippen LogP) is 3.35. The Morgan fingerprint density at radius 2 is 1.33 bits per heavy atom. The Balaban J connectivity index is 2.26. The number of benzene rings is 2. The van der Waals surface area contributed by atoms with Gasteiger partial charge in [0.25, 0.3) is 0 Å². The van der Waals surface area contributed by atoms with Crippen molar-refractivity contribution in [2.45, 2.75) is 12.1 Å². The molecule has 0 radical (unpaired) electrons. The van der Waals surface area contributed by atoms with Gasteiger partial charge in [-0.15, -0.1) is 0 Å². The van der Waals surface area contributed by atoms with Crippen LogP contribution in [0.15, 0.2) is 48.5 Å². The van der Waals surface area contributed by atoms with Gasteiger partial charge in [0.1, 0.15) is 0 Å². The highest BCUT2D eigenvalue weighted by molar-refractivity contribution is 6.30. The quantitative estimate of drug-likeness (QED) is 0.763. The molecular formula is C16H17Cl2NO2. The van der Waals surface area contributed by atoms with Crippen molar-refractivity contribution in [2.24, 2.45) is 0 Å². The summed E-state index contributed by atoms with van der Waals surface area (Å²) in [7, 11) is 0. The van der Waals surface area contributed by atoms with Crippen LogP contribution in [0.2, 0.25) is 10.0 Å². The van der Waals surface area contributed by atoms with E-state index in [-0.39, 0.29) is 12.6 Å². The van der Waals surface area contributed by atoms with Gasteiger partial charge in [-0.05, 0) is 35.4 Å². The Hall–Kier alpha value is -1.10. The van der Waals surface area contributed by atoms with E-state index >= 15 is 0 Å². The molecule has 0 aliphatic carbocycles. The molecule has 2 aromatic rings. The second kappa shape index (κ2) is 7.78. The van der Waals surface area contributed by atoms with E-state index in [0.29, 0.717) is 16.6 Å². The minimum atomic E-state index is -0.755. The molecule has 0 aromatic heterocycles. The van der Waals surface area contributed by atoms with Crippen LogP contribution in [-0.4, -0.2) is 23.4 Å². The van der Waals surface area contributed by atoms with Gasteiger partial charge < -0.3 is 15.5 Å². The number of aliphatic hydroxyl groups is 2. The first-order valence-electron chi connectivity index (χ1n) is 6.65. The van der Waals surface area contributed by atoms with Gasteiger partial charge in [-0.3, -0.25) is 0 Å². The number of hydrogen-bond donors (Lipinski definition) is 3. The molecule has 2 rings (SSSR count). The van der Waals surface area contributed by atoms with Crippen molar-refractivity contribution in [3.05, 3.63) is 69.7 Å². The Labute approximate surface area is 134 Å². The molecule has 0 saturated carbocycles. The first kappa shape index (κ1) is 16.3. The van der Waals surface area contributed by atoms with Crippen molar-refractivity contribution in [3.63, 3.8) is 0 Å². The molecule has 2 aromatic carbocycles. The monoisotopic (exact) mass is 325 g/mol. The number of nitrogens with one attached hydrogen (secondary N) is 1. The Kier molecular flexibility index (Phi) is 6.03. The molecule has 0 unspecified atom stereocenters. The van der Waals surface area contributed by atoms with E-state index in [4.69, 9.17) is 28.3 Å². The standard InChI is InChI=1S/C16H17Cl2NO2/c17-13-5-1-11(2-6-13)15(19-9-10-20)16(21)12-3-7-14(18)8-4-12/h1-8,15-16,19-21H,9-10H2/t15-,16-/m1/s1. The van der Waals surface area contributed by atoms with Crippen LogP contribution in [0.25, 0.3) is 0 Å². The molecule has 3 nitrogen and oxygen atoms in total. The van der Waals surface area contributed by atoms with Crippen LogP contribution < -0.4 is 5.32 Å². The molecule has 3 N–H and O–H groups in total. The number of aliphatic hydroxyl groups excluding tert-OH is 2. The van der Waals surface area contributed by atoms with Crippen LogP contribution in [-0.2, 0) is 0 Å². The molecule has 21 heavy (non-hydrogen) atoms. The summed E-state index contributed by atoms with van der Waals surface area (Å²) in [6.45, 7) is 0.384. The maximum absolute atomic E-state index is 10.6. The van der Waals surface area contributed by atoms with Crippen LogP contribution in [0.1, 0.15) is 23.3 Å². The lowest BCUT2D eigenvalue weighted by atomic mass is 9.96. The third-order valence-electron chi connectivity index (χ3n) is 3.23. The normalized spacial score (nSPS) is 13.9. The molecule has 2 atom stereocenters. The summed E-state index contributed by atoms with van der Waals surface area (Å²) in [5.41, 5.74) is 1.65. The molecule has 112 valence electrons. The Bertz CT molecular complexity index is 557. The maximum Gasteiger partial charge on any atom is 0.0984 e. The van der Waals surface area contributed by atoms with Gasteiger partial charge in [-0.2, -0.15) is 0 Å². The summed E-state index contributed by atoms with van der Waals surface area (Å²) < 4.78 is 0. The van der Waals surface area contributed by atoms with E-state index in [1.165, 1.54) is 0 Å². The minimum Gasteiger partial charge on any atom is -0.395 e. The second-order valence-corrected chi connectivity index (χ2v) is 5.58. The third kappa shape index (κ3) is 4.43. The molecule has 0 heterocycles. The summed E-state index contributed by atoms with van der Waals surface area (Å²) in [4.78, 5) is 0. The topological polar surface area (TPSA) is 52.5 Å². The molecule has 0 aliphatic heterocycles. The zero-order chi connectivity index (χ0) is 15.2. The van der Waals surface area contributed by atoms with Gasteiger partial charge in [0.05, 0.1) is 18.8 Å². The van der Waals surface area contributed by atoms with Gasteiger partial charge in [0.15, 0.2) is 0 Å². The molecule has 0 spiro atoms. The van der Waals surface area contributed by atoms with E-state index in [2.05, 4.69) is 5.32 Å². The van der Waals surface area contributed by atoms with Gasteiger partial charge in [-0.25, -0.2) is 0 Å². The van der Waals surface area contributed by atoms with E-state index < -0.39 is 6.10 Å². The van der Waals surface area contributed by atoms with E-state index in [1.807, 2.05) is 12.1 Å². The fourth-order valence-electron chi connectivity index (χ4n) is 2.15. The van der Waals surface area contributed by atoms with Crippen molar-refractivity contribution < 1.29 is 10.2 Å². The summed E-state index contributed by atoms with van der Waals surface area (Å²) in [6.07, 6.45) is -0.755. The largest absolute Gasteiger partial charge is 0.395 e. The van der Waals surface area contributed by atoms with Crippen molar-refractivity contribution >= 4 is 23.2 Å². The van der Waals surface area contributed by atoms with Crippen molar-refractivity contribution in [3.8, 4) is 0 Å². The minimum absolute atomic E-state index is 0.00255. The van der Waals surface area contributed by atoms with Crippen molar-refractivity contribution in [2.75, 3.05) is 13.2 Å². The first-order valence-corrected chi connectivity index (χ1v) is 7.40. The summed E-state index contributed by atoms with van der Waals surface area (Å²) in [6, 6.07) is 14.0. The van der Waals surface area contributed by atoms with Gasteiger partial charge in [0, 0.05) is 16.6 Å². The fourth-order valence-corrected chi connectivity index (χ4v) is 2.41. The molecule has 0 saturated heterocycles. The highest BCUT2D eigenvalue weighted by Gasteiger charge is 2.22. The Morgan fingerprint density at radius 1 is 0.857 bits per heavy atom. The summed E-state index contributed by atoms with van der Waals surface area (Å²) in [5, 5.41) is 24.0.